The summed E-state index contributed by atoms with van der Waals surface area (Å²) in [5.41, 5.74) is 0. The molecule has 0 aliphatic carbocycles. The Morgan fingerprint density at radius 3 is 2.80 bits per heavy atom. The monoisotopic (exact) mass is 232 g/mol. The van der Waals surface area contributed by atoms with Crippen LogP contribution in [-0.2, 0) is 15.5 Å². The summed E-state index contributed by atoms with van der Waals surface area (Å²) in [7, 11) is -0.0918. The molecule has 2 unspecified atom stereocenters. The van der Waals surface area contributed by atoms with Gasteiger partial charge in [-0.1, -0.05) is 12.1 Å². The highest BCUT2D eigenvalue weighted by atomic mass is 32.2. The van der Waals surface area contributed by atoms with Crippen molar-refractivity contribution >= 4 is 10.8 Å². The normalized spacial score (nSPS) is 14.9. The predicted molar refractivity (Wildman–Crippen MR) is 55.6 cm³/mol. The third kappa shape index (κ3) is 3.70. The maximum absolute atomic E-state index is 13.2. The summed E-state index contributed by atoms with van der Waals surface area (Å²) in [5.74, 6) is -0.533. The van der Waals surface area contributed by atoms with Gasteiger partial charge in [0.2, 0.25) is 0 Å². The topological polar surface area (TPSA) is 46.5 Å². The minimum absolute atomic E-state index is 0.0191. The molecule has 5 heteroatoms. The largest absolute Gasteiger partial charge is 0.390 e. The molecule has 1 N–H and O–H groups in total. The SMILES string of the molecule is COCC(O)CS(=O)c1ccccc1F. The summed E-state index contributed by atoms with van der Waals surface area (Å²) in [5, 5.41) is 9.33. The first-order chi connectivity index (χ1) is 7.15. The molecule has 0 spiro atoms. The van der Waals surface area contributed by atoms with Gasteiger partial charge in [0.05, 0.1) is 34.2 Å². The van der Waals surface area contributed by atoms with Crippen molar-refractivity contribution in [3.8, 4) is 0 Å². The molecule has 0 aliphatic heterocycles. The minimum atomic E-state index is -1.53. The number of hydrogen-bond donors (Lipinski definition) is 1. The summed E-state index contributed by atoms with van der Waals surface area (Å²) < 4.78 is 29.5. The van der Waals surface area contributed by atoms with Gasteiger partial charge in [0, 0.05) is 7.11 Å². The highest BCUT2D eigenvalue weighted by Crippen LogP contribution is 2.12. The molecule has 0 fully saturated rings. The van der Waals surface area contributed by atoms with Crippen LogP contribution in [0.15, 0.2) is 29.2 Å². The number of aliphatic hydroxyl groups is 1. The van der Waals surface area contributed by atoms with Gasteiger partial charge in [0.1, 0.15) is 5.82 Å². The van der Waals surface area contributed by atoms with Crippen LogP contribution in [0.4, 0.5) is 4.39 Å². The van der Waals surface area contributed by atoms with E-state index < -0.39 is 22.7 Å². The van der Waals surface area contributed by atoms with Crippen LogP contribution in [0.3, 0.4) is 0 Å². The summed E-state index contributed by atoms with van der Waals surface area (Å²) in [6, 6.07) is 5.83. The Morgan fingerprint density at radius 1 is 1.53 bits per heavy atom. The second-order valence-electron chi connectivity index (χ2n) is 3.05. The Hall–Kier alpha value is -0.780. The average molecular weight is 232 g/mol. The number of hydrogen-bond acceptors (Lipinski definition) is 3. The Kier molecular flexibility index (Phi) is 4.87. The molecule has 0 saturated heterocycles. The lowest BCUT2D eigenvalue weighted by atomic mass is 10.3. The molecule has 0 amide bonds. The third-order valence-corrected chi connectivity index (χ3v) is 3.29. The van der Waals surface area contributed by atoms with Gasteiger partial charge < -0.3 is 9.84 Å². The molecule has 84 valence electrons. The summed E-state index contributed by atoms with van der Waals surface area (Å²) in [6.07, 6.45) is -0.838. The molecule has 0 aromatic heterocycles. The van der Waals surface area contributed by atoms with Gasteiger partial charge in [-0.05, 0) is 12.1 Å². The van der Waals surface area contributed by atoms with Crippen molar-refractivity contribution in [3.63, 3.8) is 0 Å². The van der Waals surface area contributed by atoms with Crippen molar-refractivity contribution < 1.29 is 18.4 Å². The Labute approximate surface area is 90.3 Å². The van der Waals surface area contributed by atoms with E-state index in [0.717, 1.165) is 0 Å². The van der Waals surface area contributed by atoms with Crippen LogP contribution in [0, 0.1) is 5.82 Å². The second-order valence-corrected chi connectivity index (χ2v) is 4.52. The predicted octanol–water partition coefficient (Wildman–Crippen LogP) is 0.941. The van der Waals surface area contributed by atoms with Crippen molar-refractivity contribution in [2.45, 2.75) is 11.0 Å². The average Bonchev–Trinajstić information content (AvgIpc) is 2.18. The highest BCUT2D eigenvalue weighted by molar-refractivity contribution is 7.85. The van der Waals surface area contributed by atoms with Crippen LogP contribution in [0.5, 0.6) is 0 Å². The number of halogens is 1. The van der Waals surface area contributed by atoms with Crippen LogP contribution in [0.25, 0.3) is 0 Å². The molecule has 0 bridgehead atoms. The van der Waals surface area contributed by atoms with E-state index in [4.69, 9.17) is 4.74 Å². The van der Waals surface area contributed by atoms with Gasteiger partial charge >= 0.3 is 0 Å². The van der Waals surface area contributed by atoms with Crippen LogP contribution >= 0.6 is 0 Å². The van der Waals surface area contributed by atoms with Gasteiger partial charge in [-0.2, -0.15) is 0 Å². The van der Waals surface area contributed by atoms with Gasteiger partial charge in [0.15, 0.2) is 0 Å². The van der Waals surface area contributed by atoms with Gasteiger partial charge in [-0.15, -0.1) is 0 Å². The van der Waals surface area contributed by atoms with Gasteiger partial charge in [-0.25, -0.2) is 4.39 Å². The van der Waals surface area contributed by atoms with Crippen LogP contribution < -0.4 is 0 Å². The Balaban J connectivity index is 2.65. The zero-order valence-corrected chi connectivity index (χ0v) is 9.17. The number of aliphatic hydroxyl groups excluding tert-OH is 1. The molecule has 0 radical (unpaired) electrons. The van der Waals surface area contributed by atoms with Crippen LogP contribution in [0.1, 0.15) is 0 Å². The zero-order valence-electron chi connectivity index (χ0n) is 8.35. The van der Waals surface area contributed by atoms with E-state index in [1.54, 1.807) is 6.07 Å². The summed E-state index contributed by atoms with van der Waals surface area (Å²) in [6.45, 7) is 0.0974. The number of ether oxygens (including phenoxy) is 1. The highest BCUT2D eigenvalue weighted by Gasteiger charge is 2.13. The van der Waals surface area contributed by atoms with Gasteiger partial charge in [-0.3, -0.25) is 4.21 Å². The van der Waals surface area contributed by atoms with E-state index in [9.17, 15) is 13.7 Å². The van der Waals surface area contributed by atoms with E-state index in [1.165, 1.54) is 25.3 Å². The first-order valence-corrected chi connectivity index (χ1v) is 5.77. The maximum Gasteiger partial charge on any atom is 0.139 e. The van der Waals surface area contributed by atoms with E-state index >= 15 is 0 Å². The van der Waals surface area contributed by atoms with Gasteiger partial charge in [0.25, 0.3) is 0 Å². The standard InChI is InChI=1S/C10H13FO3S/c1-14-6-8(12)7-15(13)10-5-3-2-4-9(10)11/h2-5,8,12H,6-7H2,1H3. The minimum Gasteiger partial charge on any atom is -0.390 e. The van der Waals surface area contributed by atoms with Crippen molar-refractivity contribution in [2.24, 2.45) is 0 Å². The number of benzene rings is 1. The molecular formula is C10H13FO3S. The van der Waals surface area contributed by atoms with Crippen molar-refractivity contribution in [2.75, 3.05) is 19.5 Å². The lowest BCUT2D eigenvalue weighted by Gasteiger charge is -2.09. The smallest absolute Gasteiger partial charge is 0.139 e. The van der Waals surface area contributed by atoms with E-state index in [2.05, 4.69) is 0 Å². The Bertz CT molecular complexity index is 343. The molecule has 15 heavy (non-hydrogen) atoms. The third-order valence-electron chi connectivity index (χ3n) is 1.78. The summed E-state index contributed by atoms with van der Waals surface area (Å²) in [4.78, 5) is 0.118. The fourth-order valence-electron chi connectivity index (χ4n) is 1.13. The molecular weight excluding hydrogens is 219 g/mol. The maximum atomic E-state index is 13.2. The molecule has 0 saturated carbocycles. The molecule has 2 atom stereocenters. The van der Waals surface area contributed by atoms with Crippen molar-refractivity contribution in [1.29, 1.82) is 0 Å². The van der Waals surface area contributed by atoms with E-state index in [1.807, 2.05) is 0 Å². The second kappa shape index (κ2) is 5.95. The zero-order chi connectivity index (χ0) is 11.3. The lowest BCUT2D eigenvalue weighted by Crippen LogP contribution is -2.22. The quantitative estimate of drug-likeness (QED) is 0.822. The van der Waals surface area contributed by atoms with E-state index in [-0.39, 0.29) is 17.3 Å². The lowest BCUT2D eigenvalue weighted by molar-refractivity contribution is 0.0788. The first-order valence-electron chi connectivity index (χ1n) is 4.45. The Morgan fingerprint density at radius 2 is 2.20 bits per heavy atom. The first kappa shape index (κ1) is 12.3. The molecule has 1 rings (SSSR count). The van der Waals surface area contributed by atoms with Crippen molar-refractivity contribution in [1.82, 2.24) is 0 Å². The number of rotatable bonds is 5. The summed E-state index contributed by atoms with van der Waals surface area (Å²) >= 11 is 0. The van der Waals surface area contributed by atoms with Crippen LogP contribution in [0.2, 0.25) is 0 Å². The fraction of sp³-hybridized carbons (Fsp3) is 0.400. The van der Waals surface area contributed by atoms with Crippen LogP contribution in [-0.4, -0.2) is 34.9 Å². The molecule has 3 nitrogen and oxygen atoms in total. The van der Waals surface area contributed by atoms with Crippen molar-refractivity contribution in [3.05, 3.63) is 30.1 Å². The molecule has 0 heterocycles. The number of methoxy groups -OCH3 is 1. The molecule has 1 aromatic rings. The molecule has 0 aliphatic rings. The molecule has 1 aromatic carbocycles. The fourth-order valence-corrected chi connectivity index (χ4v) is 2.28. The van der Waals surface area contributed by atoms with E-state index in [0.29, 0.717) is 0 Å².